The minimum atomic E-state index is -1.60. The van der Waals surface area contributed by atoms with Crippen molar-refractivity contribution in [2.45, 2.75) is 211 Å². The summed E-state index contributed by atoms with van der Waals surface area (Å²) in [7, 11) is 0. The van der Waals surface area contributed by atoms with Crippen LogP contribution in [-0.4, -0.2) is 144 Å². The van der Waals surface area contributed by atoms with Crippen LogP contribution in [0, 0.1) is 47.3 Å². The molecule has 0 aromatic rings. The summed E-state index contributed by atoms with van der Waals surface area (Å²) in [6.45, 7) is 33.9. The summed E-state index contributed by atoms with van der Waals surface area (Å²) in [5.74, 6) is -17.5. The summed E-state index contributed by atoms with van der Waals surface area (Å²) >= 11 is 0. The van der Waals surface area contributed by atoms with Gasteiger partial charge in [0.05, 0.1) is 0 Å². The molecule has 1 saturated heterocycles. The highest BCUT2D eigenvalue weighted by molar-refractivity contribution is 5.96. The monoisotopic (exact) mass is 1110 g/mol. The number of carbonyl (C=O) groups is 12. The van der Waals surface area contributed by atoms with E-state index in [4.69, 9.17) is 28.4 Å². The number of nitrogens with one attached hydrogen (secondary N) is 6. The predicted molar refractivity (Wildman–Crippen MR) is 281 cm³/mol. The molecular formula is C54H88N6O18. The first-order valence-corrected chi connectivity index (χ1v) is 26.6. The summed E-state index contributed by atoms with van der Waals surface area (Å²) in [6.07, 6.45) is -9.36. The Bertz CT molecular complexity index is 2180. The molecule has 0 radical (unpaired) electrons. The van der Waals surface area contributed by atoms with E-state index in [-0.39, 0.29) is 5.57 Å². The van der Waals surface area contributed by atoms with E-state index in [1.165, 1.54) is 27.7 Å². The fourth-order valence-corrected chi connectivity index (χ4v) is 7.35. The van der Waals surface area contributed by atoms with Crippen molar-refractivity contribution in [1.29, 1.82) is 0 Å². The Morgan fingerprint density at radius 2 is 0.500 bits per heavy atom. The van der Waals surface area contributed by atoms with Crippen molar-refractivity contribution in [2.75, 3.05) is 0 Å². The van der Waals surface area contributed by atoms with Gasteiger partial charge in [0.1, 0.15) is 36.3 Å². The number of amides is 6. The normalized spacial score (nSPS) is 28.7. The fourth-order valence-electron chi connectivity index (χ4n) is 7.35. The van der Waals surface area contributed by atoms with Crippen molar-refractivity contribution in [3.05, 3.63) is 12.2 Å². The van der Waals surface area contributed by atoms with E-state index >= 15 is 0 Å². The number of carbonyl (C=O) groups excluding carboxylic acids is 12. The van der Waals surface area contributed by atoms with Gasteiger partial charge in [-0.15, -0.1) is 0 Å². The lowest BCUT2D eigenvalue weighted by Crippen LogP contribution is -2.56. The van der Waals surface area contributed by atoms with Crippen LogP contribution >= 0.6 is 0 Å². The molecule has 6 amide bonds. The third kappa shape index (κ3) is 20.6. The van der Waals surface area contributed by atoms with Crippen LogP contribution in [0.15, 0.2) is 12.2 Å². The standard InChI is InChI=1S/C54H88N6O18/c1-22(2)34-49(67)73-31(19)43(61)55-38(26(9)10)53(71)77-41(29(15)16)47(65)59-36(24(5)6)51(69)75-33(21)45(63)57-39(27(11)12)54(72)78-42(30(17)18)48(66)60-35(23(3)4)50(68)74-32(20)44(62)56-37(25(7)8)52(70)76-40(28(13)14)46(64)58-34/h22-24,26-42H,7H2,1-6,8-21H3,(H,55,61)(H,56,62)(H,57,63)(H,58,64)(H,59,65)(H,60,66)/t31-,32-,33-,34+,35+,36+,37-,38-,39-,40+,41+,42+/m0/s1. The molecule has 0 aromatic heterocycles. The number of ether oxygens (including phenoxy) is 6. The molecule has 1 aliphatic rings. The first kappa shape index (κ1) is 69.4. The summed E-state index contributed by atoms with van der Waals surface area (Å²) < 4.78 is 33.4. The van der Waals surface area contributed by atoms with Crippen LogP contribution in [0.1, 0.15) is 138 Å². The highest BCUT2D eigenvalue weighted by Crippen LogP contribution is 2.19. The number of hydrogen-bond acceptors (Lipinski definition) is 18. The molecule has 0 saturated carbocycles. The van der Waals surface area contributed by atoms with Gasteiger partial charge >= 0.3 is 35.8 Å². The van der Waals surface area contributed by atoms with Gasteiger partial charge in [-0.3, -0.25) is 28.8 Å². The van der Waals surface area contributed by atoms with Gasteiger partial charge in [-0.25, -0.2) is 28.8 Å². The van der Waals surface area contributed by atoms with Crippen molar-refractivity contribution in [1.82, 2.24) is 31.9 Å². The Hall–Kier alpha value is -6.62. The molecule has 1 aliphatic heterocycles. The van der Waals surface area contributed by atoms with E-state index in [0.29, 0.717) is 0 Å². The van der Waals surface area contributed by atoms with Crippen molar-refractivity contribution in [2.24, 2.45) is 47.3 Å². The zero-order valence-electron chi connectivity index (χ0n) is 49.1. The minimum absolute atomic E-state index is 0.0525. The molecule has 442 valence electrons. The van der Waals surface area contributed by atoms with Crippen LogP contribution in [0.2, 0.25) is 0 Å². The Morgan fingerprint density at radius 1 is 0.308 bits per heavy atom. The number of esters is 6. The maximum absolute atomic E-state index is 13.9. The molecule has 24 nitrogen and oxygen atoms in total. The highest BCUT2D eigenvalue weighted by Gasteiger charge is 2.41. The summed E-state index contributed by atoms with van der Waals surface area (Å²) in [5.41, 5.74) is 0.0525. The van der Waals surface area contributed by atoms with Crippen LogP contribution in [0.25, 0.3) is 0 Å². The molecule has 78 heavy (non-hydrogen) atoms. The first-order chi connectivity index (χ1) is 35.9. The smallest absolute Gasteiger partial charge is 0.333 e. The second-order valence-corrected chi connectivity index (χ2v) is 22.5. The Morgan fingerprint density at radius 3 is 0.705 bits per heavy atom. The lowest BCUT2D eigenvalue weighted by atomic mass is 10.0. The number of cyclic esters (lactones) is 6. The van der Waals surface area contributed by atoms with Gasteiger partial charge in [-0.2, -0.15) is 0 Å². The molecule has 0 aromatic carbocycles. The van der Waals surface area contributed by atoms with Crippen molar-refractivity contribution in [3.63, 3.8) is 0 Å². The number of rotatable bonds is 9. The first-order valence-electron chi connectivity index (χ1n) is 26.6. The molecule has 0 aliphatic carbocycles. The Labute approximate surface area is 458 Å². The Balaban J connectivity index is 3.87. The van der Waals surface area contributed by atoms with Gasteiger partial charge in [-0.05, 0) is 80.6 Å². The topological polar surface area (TPSA) is 332 Å². The highest BCUT2D eigenvalue weighted by atomic mass is 16.6. The molecule has 0 unspecified atom stereocenters. The van der Waals surface area contributed by atoms with Gasteiger partial charge in [0, 0.05) is 0 Å². The van der Waals surface area contributed by atoms with E-state index in [1.807, 2.05) is 0 Å². The van der Waals surface area contributed by atoms with Crippen LogP contribution in [0.4, 0.5) is 0 Å². The summed E-state index contributed by atoms with van der Waals surface area (Å²) in [4.78, 5) is 164. The minimum Gasteiger partial charge on any atom is -0.451 e. The van der Waals surface area contributed by atoms with Crippen molar-refractivity contribution < 1.29 is 86.0 Å². The van der Waals surface area contributed by atoms with E-state index in [0.717, 1.165) is 0 Å². The van der Waals surface area contributed by atoms with Gasteiger partial charge in [0.2, 0.25) is 0 Å². The Kier molecular flexibility index (Phi) is 27.7. The lowest BCUT2D eigenvalue weighted by Gasteiger charge is -2.30. The van der Waals surface area contributed by atoms with E-state index in [1.54, 1.807) is 111 Å². The van der Waals surface area contributed by atoms with Gasteiger partial charge in [0.15, 0.2) is 36.6 Å². The average molecular weight is 1110 g/mol. The third-order valence-corrected chi connectivity index (χ3v) is 12.4. The summed E-state index contributed by atoms with van der Waals surface area (Å²) in [5, 5.41) is 15.0. The van der Waals surface area contributed by atoms with E-state index < -0.39 is 191 Å². The summed E-state index contributed by atoms with van der Waals surface area (Å²) in [6, 6.07) is -8.62. The molecule has 1 rings (SSSR count). The van der Waals surface area contributed by atoms with Crippen LogP contribution in [0.5, 0.6) is 0 Å². The van der Waals surface area contributed by atoms with E-state index in [9.17, 15) is 57.5 Å². The number of hydrogen-bond donors (Lipinski definition) is 6. The van der Waals surface area contributed by atoms with E-state index in [2.05, 4.69) is 38.5 Å². The van der Waals surface area contributed by atoms with Gasteiger partial charge in [-0.1, -0.05) is 117 Å². The average Bonchev–Trinajstić information content (AvgIpc) is 3.31. The molecule has 0 bridgehead atoms. The van der Waals surface area contributed by atoms with Crippen molar-refractivity contribution >= 4 is 71.3 Å². The lowest BCUT2D eigenvalue weighted by molar-refractivity contribution is -0.167. The third-order valence-electron chi connectivity index (χ3n) is 12.4. The van der Waals surface area contributed by atoms with Crippen molar-refractivity contribution in [3.8, 4) is 0 Å². The zero-order chi connectivity index (χ0) is 60.5. The maximum Gasteiger partial charge on any atom is 0.333 e. The zero-order valence-corrected chi connectivity index (χ0v) is 49.1. The quantitative estimate of drug-likeness (QED) is 0.110. The second-order valence-electron chi connectivity index (χ2n) is 22.5. The second kappa shape index (κ2) is 31.1. The van der Waals surface area contributed by atoms with Crippen LogP contribution < -0.4 is 31.9 Å². The largest absolute Gasteiger partial charge is 0.451 e. The van der Waals surface area contributed by atoms with Gasteiger partial charge in [0.25, 0.3) is 35.4 Å². The molecule has 1 heterocycles. The molecule has 1 fully saturated rings. The predicted octanol–water partition coefficient (Wildman–Crippen LogP) is 2.26. The van der Waals surface area contributed by atoms with Crippen LogP contribution in [0.3, 0.4) is 0 Å². The molecular weight excluding hydrogens is 1020 g/mol. The molecule has 0 spiro atoms. The van der Waals surface area contributed by atoms with Gasteiger partial charge < -0.3 is 60.3 Å². The molecule has 6 N–H and O–H groups in total. The SMILES string of the molecule is C=C(C)[C@@H]1NC(=O)[C@H](C)OC(=O)[C@@H](C(C)C)NC(=O)[C@@H](C(C)C)OC(=O)[C@H](C(C)C)NC(=O)[C@H](C)OC(=O)[C@@H](C(C)C)NC(=O)[C@@H](C(C)C)OC(=O)[C@H](C(C)C)NC(=O)[C@H](C)OC(=O)[C@@H](C(C)C)NC(=O)[C@@H](C(C)C)OC1=O. The molecule has 24 heteroatoms. The van der Waals surface area contributed by atoms with Crippen LogP contribution in [-0.2, 0) is 86.0 Å². The molecule has 12 atom stereocenters. The fraction of sp³-hybridized carbons (Fsp3) is 0.741. The maximum atomic E-state index is 13.9.